The largest absolute Gasteiger partial charge is 0.416 e. The summed E-state index contributed by atoms with van der Waals surface area (Å²) >= 11 is 0. The van der Waals surface area contributed by atoms with Gasteiger partial charge in [0, 0.05) is 0 Å². The zero-order chi connectivity index (χ0) is 12.2. The second kappa shape index (κ2) is 3.50. The lowest BCUT2D eigenvalue weighted by Gasteiger charge is -2.20. The van der Waals surface area contributed by atoms with Crippen molar-refractivity contribution >= 4 is 0 Å². The highest BCUT2D eigenvalue weighted by molar-refractivity contribution is 5.56. The molecule has 92 valence electrons. The lowest BCUT2D eigenvalue weighted by molar-refractivity contribution is -0.138. The molecule has 0 unspecified atom stereocenters. The molecule has 1 aromatic rings. The number of alkyl halides is 3. The van der Waals surface area contributed by atoms with Crippen molar-refractivity contribution in [2.45, 2.75) is 51.6 Å². The molecule has 0 bridgehead atoms. The molecule has 17 heavy (non-hydrogen) atoms. The molecule has 1 aromatic carbocycles. The summed E-state index contributed by atoms with van der Waals surface area (Å²) in [7, 11) is 0. The van der Waals surface area contributed by atoms with Gasteiger partial charge in [-0.3, -0.25) is 0 Å². The van der Waals surface area contributed by atoms with Crippen molar-refractivity contribution in [2.75, 3.05) is 0 Å². The van der Waals surface area contributed by atoms with Crippen molar-refractivity contribution < 1.29 is 13.2 Å². The van der Waals surface area contributed by atoms with Crippen LogP contribution in [0.2, 0.25) is 0 Å². The van der Waals surface area contributed by atoms with Gasteiger partial charge in [0.05, 0.1) is 5.56 Å². The second-order valence-electron chi connectivity index (χ2n) is 5.12. The molecule has 0 spiro atoms. The van der Waals surface area contributed by atoms with Crippen LogP contribution in [0.25, 0.3) is 0 Å². The van der Waals surface area contributed by atoms with Gasteiger partial charge in [-0.05, 0) is 73.3 Å². The fraction of sp³-hybridized carbons (Fsp3) is 0.571. The summed E-state index contributed by atoms with van der Waals surface area (Å²) in [5.74, 6) is 0. The monoisotopic (exact) mass is 240 g/mol. The van der Waals surface area contributed by atoms with Crippen LogP contribution in [0, 0.1) is 6.92 Å². The third-order valence-corrected chi connectivity index (χ3v) is 4.23. The molecule has 0 aromatic heterocycles. The van der Waals surface area contributed by atoms with E-state index in [1.54, 1.807) is 0 Å². The van der Waals surface area contributed by atoms with E-state index in [9.17, 15) is 13.2 Å². The van der Waals surface area contributed by atoms with E-state index in [2.05, 4.69) is 0 Å². The molecule has 3 heteroatoms. The topological polar surface area (TPSA) is 0 Å². The summed E-state index contributed by atoms with van der Waals surface area (Å²) in [6.45, 7) is 2.01. The quantitative estimate of drug-likeness (QED) is 0.643. The Morgan fingerprint density at radius 2 is 1.18 bits per heavy atom. The first-order chi connectivity index (χ1) is 8.00. The molecule has 0 N–H and O–H groups in total. The third kappa shape index (κ3) is 1.51. The highest BCUT2D eigenvalue weighted by atomic mass is 19.4. The van der Waals surface area contributed by atoms with Crippen molar-refractivity contribution in [1.29, 1.82) is 0 Å². The minimum absolute atomic E-state index is 0.275. The molecule has 0 atom stereocenters. The van der Waals surface area contributed by atoms with Crippen LogP contribution in [-0.2, 0) is 31.9 Å². The lowest BCUT2D eigenvalue weighted by Crippen LogP contribution is -2.14. The summed E-state index contributed by atoms with van der Waals surface area (Å²) in [5, 5.41) is 0. The molecule has 3 rings (SSSR count). The minimum Gasteiger partial charge on any atom is -0.166 e. The molecule has 0 heterocycles. The van der Waals surface area contributed by atoms with Gasteiger partial charge in [-0.25, -0.2) is 0 Å². The van der Waals surface area contributed by atoms with E-state index in [-0.39, 0.29) is 5.56 Å². The predicted octanol–water partition coefficient (Wildman–Crippen LogP) is 3.99. The molecular formula is C14H15F3. The van der Waals surface area contributed by atoms with E-state index in [1.165, 1.54) is 0 Å². The van der Waals surface area contributed by atoms with Crippen LogP contribution < -0.4 is 0 Å². The summed E-state index contributed by atoms with van der Waals surface area (Å²) in [6, 6.07) is 0. The van der Waals surface area contributed by atoms with Gasteiger partial charge in [0.15, 0.2) is 0 Å². The molecule has 2 aliphatic rings. The smallest absolute Gasteiger partial charge is 0.166 e. The zero-order valence-electron chi connectivity index (χ0n) is 9.88. The highest BCUT2D eigenvalue weighted by Gasteiger charge is 2.40. The maximum Gasteiger partial charge on any atom is 0.416 e. The van der Waals surface area contributed by atoms with Crippen LogP contribution in [0.15, 0.2) is 0 Å². The van der Waals surface area contributed by atoms with E-state index in [1.807, 2.05) is 6.92 Å². The molecule has 0 fully saturated rings. The van der Waals surface area contributed by atoms with Crippen LogP contribution in [0.5, 0.6) is 0 Å². The van der Waals surface area contributed by atoms with Crippen molar-refractivity contribution in [1.82, 2.24) is 0 Å². The van der Waals surface area contributed by atoms with Gasteiger partial charge in [-0.15, -0.1) is 0 Å². The first-order valence-corrected chi connectivity index (χ1v) is 6.23. The third-order valence-electron chi connectivity index (χ3n) is 4.23. The summed E-state index contributed by atoms with van der Waals surface area (Å²) in [5.41, 5.74) is 4.09. The normalized spacial score (nSPS) is 18.4. The van der Waals surface area contributed by atoms with Gasteiger partial charge in [0.1, 0.15) is 0 Å². The number of rotatable bonds is 0. The number of fused-ring (bicyclic) bond motifs is 2. The van der Waals surface area contributed by atoms with Crippen molar-refractivity contribution in [3.8, 4) is 0 Å². The first-order valence-electron chi connectivity index (χ1n) is 6.23. The summed E-state index contributed by atoms with van der Waals surface area (Å²) in [6.07, 6.45) is 0.465. The molecule has 0 saturated heterocycles. The Kier molecular flexibility index (Phi) is 2.29. The fourth-order valence-electron chi connectivity index (χ4n) is 3.57. The van der Waals surface area contributed by atoms with Gasteiger partial charge in [0.2, 0.25) is 0 Å². The SMILES string of the molecule is Cc1c2c(c(C(F)(F)F)c3c1CCC3)CCC2. The van der Waals surface area contributed by atoms with E-state index in [0.29, 0.717) is 24.0 Å². The van der Waals surface area contributed by atoms with Crippen LogP contribution in [0.3, 0.4) is 0 Å². The number of halogens is 3. The fourth-order valence-corrected chi connectivity index (χ4v) is 3.57. The molecule has 0 radical (unpaired) electrons. The molecule has 0 saturated carbocycles. The first kappa shape index (κ1) is 11.1. The van der Waals surface area contributed by atoms with Crippen LogP contribution in [-0.4, -0.2) is 0 Å². The van der Waals surface area contributed by atoms with Gasteiger partial charge in [0.25, 0.3) is 0 Å². The van der Waals surface area contributed by atoms with Gasteiger partial charge < -0.3 is 0 Å². The van der Waals surface area contributed by atoms with Crippen molar-refractivity contribution in [3.05, 3.63) is 33.4 Å². The second-order valence-corrected chi connectivity index (χ2v) is 5.12. The van der Waals surface area contributed by atoms with Crippen LogP contribution >= 0.6 is 0 Å². The van der Waals surface area contributed by atoms with E-state index >= 15 is 0 Å². The maximum atomic E-state index is 13.2. The van der Waals surface area contributed by atoms with Gasteiger partial charge in [-0.1, -0.05) is 0 Å². The average Bonchev–Trinajstić information content (AvgIpc) is 2.83. The number of hydrogen-bond acceptors (Lipinski definition) is 0. The van der Waals surface area contributed by atoms with Crippen molar-refractivity contribution in [2.24, 2.45) is 0 Å². The van der Waals surface area contributed by atoms with Gasteiger partial charge >= 0.3 is 6.18 Å². The summed E-state index contributed by atoms with van der Waals surface area (Å²) < 4.78 is 39.7. The minimum atomic E-state index is -4.17. The summed E-state index contributed by atoms with van der Waals surface area (Å²) in [4.78, 5) is 0. The van der Waals surface area contributed by atoms with Crippen LogP contribution in [0.1, 0.15) is 46.2 Å². The Bertz CT molecular complexity index is 448. The van der Waals surface area contributed by atoms with Crippen molar-refractivity contribution in [3.63, 3.8) is 0 Å². The van der Waals surface area contributed by atoms with E-state index in [4.69, 9.17) is 0 Å². The Labute approximate surface area is 98.8 Å². The molecule has 0 aliphatic heterocycles. The Morgan fingerprint density at radius 3 is 1.59 bits per heavy atom. The maximum absolute atomic E-state index is 13.2. The Hall–Kier alpha value is -0.990. The zero-order valence-corrected chi connectivity index (χ0v) is 9.88. The Morgan fingerprint density at radius 1 is 0.765 bits per heavy atom. The molecule has 0 amide bonds. The number of hydrogen-bond donors (Lipinski definition) is 0. The highest BCUT2D eigenvalue weighted by Crippen LogP contribution is 2.45. The lowest BCUT2D eigenvalue weighted by atomic mass is 9.89. The van der Waals surface area contributed by atoms with E-state index in [0.717, 1.165) is 42.4 Å². The van der Waals surface area contributed by atoms with Crippen LogP contribution in [0.4, 0.5) is 13.2 Å². The standard InChI is InChI=1S/C14H15F3/c1-8-9-4-2-6-11(9)13(14(15,16)17)12-7-3-5-10(8)12/h2-7H2,1H3. The number of benzene rings is 1. The molecular weight excluding hydrogens is 225 g/mol. The molecule has 0 nitrogen and oxygen atoms in total. The molecule has 2 aliphatic carbocycles. The van der Waals surface area contributed by atoms with E-state index < -0.39 is 6.18 Å². The predicted molar refractivity (Wildman–Crippen MR) is 60.2 cm³/mol. The Balaban J connectivity index is 2.34. The average molecular weight is 240 g/mol. The van der Waals surface area contributed by atoms with Gasteiger partial charge in [-0.2, -0.15) is 13.2 Å².